The molecule has 39 heavy (non-hydrogen) atoms. The number of ether oxygens (including phenoxy) is 1. The maximum atomic E-state index is 13.0. The van der Waals surface area contributed by atoms with E-state index in [9.17, 15) is 19.5 Å². The first-order valence-corrected chi connectivity index (χ1v) is 12.7. The summed E-state index contributed by atoms with van der Waals surface area (Å²) in [4.78, 5) is 43.1. The standard InChI is InChI=1S/C26H29N7O6/c1-38-22-16(25-28-12-19(39-25)26(37)33-9-7-14(13-34)8-10-33)3-2-4-17(22)29-18-11-20(30-24(36)15-5-6-15)31-32-21(18)23(27)35/h2-4,11-12,14-15,34H,5-10,13H2,1H3,(H2,27,35)(H2,29,30,31,36). The Morgan fingerprint density at radius 2 is 1.92 bits per heavy atom. The number of anilines is 3. The molecule has 0 atom stereocenters. The zero-order chi connectivity index (χ0) is 27.5. The molecule has 1 saturated carbocycles. The number of aromatic nitrogens is 3. The number of hydrogen-bond acceptors (Lipinski definition) is 10. The van der Waals surface area contributed by atoms with E-state index < -0.39 is 5.91 Å². The van der Waals surface area contributed by atoms with Crippen LogP contribution in [0.3, 0.4) is 0 Å². The number of likely N-dealkylation sites (tertiary alicyclic amines) is 1. The van der Waals surface area contributed by atoms with Crippen molar-refractivity contribution in [2.24, 2.45) is 17.6 Å². The van der Waals surface area contributed by atoms with E-state index in [4.69, 9.17) is 14.9 Å². The number of rotatable bonds is 9. The number of carbonyl (C=O) groups is 3. The van der Waals surface area contributed by atoms with E-state index in [1.165, 1.54) is 19.4 Å². The summed E-state index contributed by atoms with van der Waals surface area (Å²) in [7, 11) is 1.46. The van der Waals surface area contributed by atoms with Gasteiger partial charge in [0.2, 0.25) is 17.6 Å². The van der Waals surface area contributed by atoms with E-state index in [2.05, 4.69) is 25.8 Å². The number of para-hydroxylation sites is 1. The maximum Gasteiger partial charge on any atom is 0.291 e. The molecule has 3 aromatic rings. The van der Waals surface area contributed by atoms with Gasteiger partial charge in [0.05, 0.1) is 30.2 Å². The Bertz CT molecular complexity index is 1400. The van der Waals surface area contributed by atoms with E-state index in [1.807, 2.05) is 0 Å². The highest BCUT2D eigenvalue weighted by molar-refractivity contribution is 5.99. The van der Waals surface area contributed by atoms with Crippen LogP contribution in [0.25, 0.3) is 11.5 Å². The van der Waals surface area contributed by atoms with E-state index in [-0.39, 0.29) is 59.1 Å². The smallest absolute Gasteiger partial charge is 0.291 e. The Hall–Kier alpha value is -4.52. The molecule has 0 spiro atoms. The second-order valence-electron chi connectivity index (χ2n) is 9.58. The Kier molecular flexibility index (Phi) is 7.41. The number of oxazole rings is 1. The van der Waals surface area contributed by atoms with Crippen molar-refractivity contribution in [3.05, 3.63) is 41.9 Å². The van der Waals surface area contributed by atoms with Gasteiger partial charge in [-0.25, -0.2) is 4.98 Å². The number of nitrogens with one attached hydrogen (secondary N) is 2. The predicted molar refractivity (Wildman–Crippen MR) is 139 cm³/mol. The average Bonchev–Trinajstić information content (AvgIpc) is 3.69. The summed E-state index contributed by atoms with van der Waals surface area (Å²) in [5, 5.41) is 22.9. The maximum absolute atomic E-state index is 13.0. The van der Waals surface area contributed by atoms with Crippen molar-refractivity contribution < 1.29 is 28.6 Å². The second-order valence-corrected chi connectivity index (χ2v) is 9.58. The lowest BCUT2D eigenvalue weighted by Crippen LogP contribution is -2.39. The molecular formula is C26H29N7O6. The summed E-state index contributed by atoms with van der Waals surface area (Å²) in [6, 6.07) is 6.62. The van der Waals surface area contributed by atoms with Crippen molar-refractivity contribution in [3.63, 3.8) is 0 Å². The van der Waals surface area contributed by atoms with E-state index in [1.54, 1.807) is 23.1 Å². The minimum absolute atomic E-state index is 0.0410. The number of methoxy groups -OCH3 is 1. The highest BCUT2D eigenvalue weighted by Gasteiger charge is 2.30. The van der Waals surface area contributed by atoms with E-state index in [0.29, 0.717) is 30.1 Å². The van der Waals surface area contributed by atoms with Crippen LogP contribution in [-0.4, -0.2) is 69.7 Å². The molecule has 204 valence electrons. The lowest BCUT2D eigenvalue weighted by molar-refractivity contribution is -0.117. The van der Waals surface area contributed by atoms with Crippen LogP contribution in [0.2, 0.25) is 0 Å². The molecule has 2 aromatic heterocycles. The van der Waals surface area contributed by atoms with Gasteiger partial charge in [-0.05, 0) is 43.7 Å². The molecule has 1 aliphatic heterocycles. The molecule has 0 unspecified atom stereocenters. The van der Waals surface area contributed by atoms with Gasteiger partial charge < -0.3 is 35.5 Å². The molecule has 2 aliphatic rings. The molecule has 0 bridgehead atoms. The van der Waals surface area contributed by atoms with Gasteiger partial charge in [0, 0.05) is 31.7 Å². The van der Waals surface area contributed by atoms with Crippen molar-refractivity contribution in [3.8, 4) is 17.2 Å². The first-order valence-electron chi connectivity index (χ1n) is 12.7. The number of benzene rings is 1. The third kappa shape index (κ3) is 5.67. The van der Waals surface area contributed by atoms with Gasteiger partial charge in [0.1, 0.15) is 0 Å². The number of aliphatic hydroxyl groups excluding tert-OH is 1. The van der Waals surface area contributed by atoms with Crippen molar-refractivity contribution >= 4 is 34.9 Å². The molecule has 5 N–H and O–H groups in total. The fraction of sp³-hybridized carbons (Fsp3) is 0.385. The van der Waals surface area contributed by atoms with Gasteiger partial charge in [-0.1, -0.05) is 6.07 Å². The number of nitrogens with two attached hydrogens (primary N) is 1. The minimum Gasteiger partial charge on any atom is -0.494 e. The third-order valence-corrected chi connectivity index (χ3v) is 6.82. The van der Waals surface area contributed by atoms with Gasteiger partial charge in [0.25, 0.3) is 11.8 Å². The minimum atomic E-state index is -0.806. The first kappa shape index (κ1) is 26.1. The average molecular weight is 536 g/mol. The molecule has 2 fully saturated rings. The summed E-state index contributed by atoms with van der Waals surface area (Å²) in [5.74, 6) is -0.300. The highest BCUT2D eigenvalue weighted by atomic mass is 16.5. The number of piperidine rings is 1. The van der Waals surface area contributed by atoms with Crippen LogP contribution in [0.1, 0.15) is 46.7 Å². The van der Waals surface area contributed by atoms with Crippen LogP contribution in [0.5, 0.6) is 5.75 Å². The fourth-order valence-corrected chi connectivity index (χ4v) is 4.44. The number of hydrogen-bond donors (Lipinski definition) is 4. The van der Waals surface area contributed by atoms with Crippen LogP contribution in [0.4, 0.5) is 17.2 Å². The van der Waals surface area contributed by atoms with Crippen LogP contribution < -0.4 is 21.1 Å². The monoisotopic (exact) mass is 535 g/mol. The fourth-order valence-electron chi connectivity index (χ4n) is 4.44. The van der Waals surface area contributed by atoms with Crippen molar-refractivity contribution in [2.45, 2.75) is 25.7 Å². The molecule has 1 saturated heterocycles. The normalized spacial score (nSPS) is 15.6. The molecule has 5 rings (SSSR count). The Balaban J connectivity index is 1.40. The number of carbonyl (C=O) groups excluding carboxylic acids is 3. The van der Waals surface area contributed by atoms with Crippen LogP contribution in [0.15, 0.2) is 34.9 Å². The van der Waals surface area contributed by atoms with E-state index in [0.717, 1.165) is 25.7 Å². The highest BCUT2D eigenvalue weighted by Crippen LogP contribution is 2.38. The van der Waals surface area contributed by atoms with Crippen molar-refractivity contribution in [2.75, 3.05) is 37.4 Å². The van der Waals surface area contributed by atoms with Crippen LogP contribution in [0, 0.1) is 11.8 Å². The van der Waals surface area contributed by atoms with Gasteiger partial charge >= 0.3 is 0 Å². The van der Waals surface area contributed by atoms with Gasteiger partial charge in [0.15, 0.2) is 17.3 Å². The molecule has 1 aromatic carbocycles. The Labute approximate surface area is 223 Å². The second kappa shape index (κ2) is 11.1. The number of amides is 3. The molecule has 13 nitrogen and oxygen atoms in total. The zero-order valence-electron chi connectivity index (χ0n) is 21.3. The Morgan fingerprint density at radius 3 is 2.59 bits per heavy atom. The topological polar surface area (TPSA) is 186 Å². The lowest BCUT2D eigenvalue weighted by atomic mass is 9.98. The molecule has 3 amide bonds. The molecule has 13 heteroatoms. The van der Waals surface area contributed by atoms with Crippen molar-refractivity contribution in [1.82, 2.24) is 20.1 Å². The molecule has 3 heterocycles. The SMILES string of the molecule is COc1c(Nc2cc(NC(=O)C3CC3)nnc2C(N)=O)cccc1-c1ncc(C(=O)N2CCC(CO)CC2)o1. The molecular weight excluding hydrogens is 506 g/mol. The predicted octanol–water partition coefficient (Wildman–Crippen LogP) is 2.18. The van der Waals surface area contributed by atoms with Crippen molar-refractivity contribution in [1.29, 1.82) is 0 Å². The van der Waals surface area contributed by atoms with E-state index >= 15 is 0 Å². The third-order valence-electron chi connectivity index (χ3n) is 6.82. The molecule has 1 aliphatic carbocycles. The van der Waals surface area contributed by atoms with Crippen LogP contribution >= 0.6 is 0 Å². The quantitative estimate of drug-likeness (QED) is 0.316. The number of nitrogens with zero attached hydrogens (tertiary/aromatic N) is 4. The Morgan fingerprint density at radius 1 is 1.15 bits per heavy atom. The first-order chi connectivity index (χ1) is 18.9. The van der Waals surface area contributed by atoms with Gasteiger partial charge in [-0.3, -0.25) is 14.4 Å². The summed E-state index contributed by atoms with van der Waals surface area (Å²) in [6.45, 7) is 1.19. The van der Waals surface area contributed by atoms with Crippen LogP contribution in [-0.2, 0) is 4.79 Å². The van der Waals surface area contributed by atoms with Gasteiger partial charge in [-0.2, -0.15) is 0 Å². The summed E-state index contributed by atoms with van der Waals surface area (Å²) in [5.41, 5.74) is 6.49. The summed E-state index contributed by atoms with van der Waals surface area (Å²) in [6.07, 6.45) is 4.48. The van der Waals surface area contributed by atoms with Gasteiger partial charge in [-0.15, -0.1) is 10.2 Å². The summed E-state index contributed by atoms with van der Waals surface area (Å²) >= 11 is 0. The summed E-state index contributed by atoms with van der Waals surface area (Å²) < 4.78 is 11.5. The number of aliphatic hydroxyl groups is 1. The zero-order valence-corrected chi connectivity index (χ0v) is 21.3. The largest absolute Gasteiger partial charge is 0.494 e. The lowest BCUT2D eigenvalue weighted by Gasteiger charge is -2.30. The number of primary amides is 1. The molecule has 0 radical (unpaired) electrons.